The summed E-state index contributed by atoms with van der Waals surface area (Å²) in [6.07, 6.45) is 5.76. The molecule has 1 aromatic carbocycles. The van der Waals surface area contributed by atoms with Crippen molar-refractivity contribution in [2.45, 2.75) is 44.7 Å². The van der Waals surface area contributed by atoms with E-state index in [1.807, 2.05) is 0 Å². The minimum absolute atomic E-state index is 0.303. The molecular formula is C16H25BrN2O. The minimum atomic E-state index is 0.303. The van der Waals surface area contributed by atoms with Crippen LogP contribution >= 0.6 is 15.9 Å². The van der Waals surface area contributed by atoms with Gasteiger partial charge in [-0.15, -0.1) is 0 Å². The molecule has 1 fully saturated rings. The highest BCUT2D eigenvalue weighted by molar-refractivity contribution is 9.10. The van der Waals surface area contributed by atoms with E-state index in [-0.39, 0.29) is 0 Å². The zero-order valence-electron chi connectivity index (χ0n) is 12.2. The average Bonchev–Trinajstić information content (AvgIpc) is 3.26. The topological polar surface area (TPSA) is 35.5 Å². The minimum Gasteiger partial charge on any atom is -0.396 e. The van der Waals surface area contributed by atoms with Crippen molar-refractivity contribution in [2.75, 3.05) is 25.1 Å². The van der Waals surface area contributed by atoms with Gasteiger partial charge >= 0.3 is 0 Å². The van der Waals surface area contributed by atoms with Gasteiger partial charge in [-0.25, -0.2) is 0 Å². The Morgan fingerprint density at radius 1 is 1.30 bits per heavy atom. The lowest BCUT2D eigenvalue weighted by atomic mass is 10.1. The van der Waals surface area contributed by atoms with Crippen LogP contribution in [0, 0.1) is 0 Å². The van der Waals surface area contributed by atoms with E-state index < -0.39 is 0 Å². The molecule has 0 unspecified atom stereocenters. The first-order valence-electron chi connectivity index (χ1n) is 7.54. The number of anilines is 1. The fourth-order valence-corrected chi connectivity index (χ4v) is 2.69. The highest BCUT2D eigenvalue weighted by atomic mass is 79.9. The Bertz CT molecular complexity index is 421. The van der Waals surface area contributed by atoms with Crippen LogP contribution in [0.15, 0.2) is 22.7 Å². The van der Waals surface area contributed by atoms with Crippen LogP contribution in [-0.4, -0.2) is 31.3 Å². The van der Waals surface area contributed by atoms with Crippen molar-refractivity contribution in [1.82, 2.24) is 5.32 Å². The number of nitrogens with one attached hydrogen (secondary N) is 1. The van der Waals surface area contributed by atoms with Gasteiger partial charge < -0.3 is 15.3 Å². The molecule has 112 valence electrons. The van der Waals surface area contributed by atoms with Crippen LogP contribution in [0.4, 0.5) is 5.69 Å². The maximum Gasteiger partial charge on any atom is 0.0431 e. The Morgan fingerprint density at radius 2 is 2.10 bits per heavy atom. The second-order valence-corrected chi connectivity index (χ2v) is 6.55. The molecule has 3 nitrogen and oxygen atoms in total. The van der Waals surface area contributed by atoms with Crippen molar-refractivity contribution in [1.29, 1.82) is 0 Å². The molecule has 1 aromatic rings. The van der Waals surface area contributed by atoms with Crippen LogP contribution in [0.2, 0.25) is 0 Å². The maximum absolute atomic E-state index is 8.83. The van der Waals surface area contributed by atoms with E-state index in [1.54, 1.807) is 0 Å². The first-order chi connectivity index (χ1) is 9.70. The number of benzene rings is 1. The number of unbranched alkanes of at least 4 members (excludes halogenated alkanes) is 2. The summed E-state index contributed by atoms with van der Waals surface area (Å²) in [6, 6.07) is 7.27. The predicted molar refractivity (Wildman–Crippen MR) is 88.2 cm³/mol. The lowest BCUT2D eigenvalue weighted by molar-refractivity contribution is 0.283. The van der Waals surface area contributed by atoms with Gasteiger partial charge in [-0.05, 0) is 49.8 Å². The van der Waals surface area contributed by atoms with E-state index in [9.17, 15) is 0 Å². The second kappa shape index (κ2) is 8.01. The molecule has 0 amide bonds. The van der Waals surface area contributed by atoms with Gasteiger partial charge in [0.05, 0.1) is 0 Å². The number of hydrogen-bond donors (Lipinski definition) is 2. The smallest absolute Gasteiger partial charge is 0.0431 e. The van der Waals surface area contributed by atoms with Crippen LogP contribution < -0.4 is 10.2 Å². The number of nitrogens with zero attached hydrogens (tertiary/aromatic N) is 1. The molecule has 0 radical (unpaired) electrons. The fraction of sp³-hybridized carbons (Fsp3) is 0.625. The van der Waals surface area contributed by atoms with Crippen LogP contribution in [0.25, 0.3) is 0 Å². The van der Waals surface area contributed by atoms with E-state index in [2.05, 4.69) is 51.4 Å². The molecule has 1 saturated carbocycles. The Labute approximate surface area is 130 Å². The zero-order chi connectivity index (χ0) is 14.4. The number of rotatable bonds is 9. The molecule has 0 aromatic heterocycles. The molecule has 0 bridgehead atoms. The van der Waals surface area contributed by atoms with Gasteiger partial charge in [0.25, 0.3) is 0 Å². The standard InChI is InChI=1S/C16H25BrN2O/c1-19(9-3-2-4-10-20)16-11-14(17)6-5-13(16)12-18-15-7-8-15/h5-6,11,15,18,20H,2-4,7-10,12H2,1H3. The molecule has 1 aliphatic rings. The van der Waals surface area contributed by atoms with E-state index >= 15 is 0 Å². The third-order valence-corrected chi connectivity index (χ3v) is 4.26. The predicted octanol–water partition coefficient (Wildman–Crippen LogP) is 3.30. The van der Waals surface area contributed by atoms with Gasteiger partial charge in [-0.2, -0.15) is 0 Å². The van der Waals surface area contributed by atoms with Gasteiger partial charge in [-0.1, -0.05) is 22.0 Å². The quantitative estimate of drug-likeness (QED) is 0.677. The fourth-order valence-electron chi connectivity index (χ4n) is 2.34. The third-order valence-electron chi connectivity index (χ3n) is 3.77. The Kier molecular flexibility index (Phi) is 6.33. The molecular weight excluding hydrogens is 316 g/mol. The van der Waals surface area contributed by atoms with Crippen LogP contribution in [0.1, 0.15) is 37.7 Å². The third kappa shape index (κ3) is 5.08. The second-order valence-electron chi connectivity index (χ2n) is 5.63. The Morgan fingerprint density at radius 3 is 2.80 bits per heavy atom. The summed E-state index contributed by atoms with van der Waals surface area (Å²) in [5.74, 6) is 0. The normalized spacial score (nSPS) is 14.6. The molecule has 0 aliphatic heterocycles. The lowest BCUT2D eigenvalue weighted by Gasteiger charge is -2.23. The summed E-state index contributed by atoms with van der Waals surface area (Å²) in [7, 11) is 2.15. The summed E-state index contributed by atoms with van der Waals surface area (Å²) < 4.78 is 1.13. The first-order valence-corrected chi connectivity index (χ1v) is 8.34. The Hall–Kier alpha value is -0.580. The average molecular weight is 341 g/mol. The molecule has 2 N–H and O–H groups in total. The molecule has 2 rings (SSSR count). The van der Waals surface area contributed by atoms with Crippen molar-refractivity contribution in [3.05, 3.63) is 28.2 Å². The van der Waals surface area contributed by atoms with Gasteiger partial charge in [0.15, 0.2) is 0 Å². The van der Waals surface area contributed by atoms with Crippen molar-refractivity contribution in [3.8, 4) is 0 Å². The van der Waals surface area contributed by atoms with Crippen LogP contribution in [0.3, 0.4) is 0 Å². The molecule has 20 heavy (non-hydrogen) atoms. The molecule has 0 atom stereocenters. The van der Waals surface area contributed by atoms with E-state index in [1.165, 1.54) is 24.1 Å². The highest BCUT2D eigenvalue weighted by Crippen LogP contribution is 2.26. The van der Waals surface area contributed by atoms with E-state index in [0.29, 0.717) is 6.61 Å². The van der Waals surface area contributed by atoms with Crippen LogP contribution in [-0.2, 0) is 6.54 Å². The SMILES string of the molecule is CN(CCCCCO)c1cc(Br)ccc1CNC1CC1. The first kappa shape index (κ1) is 15.8. The van der Waals surface area contributed by atoms with Crippen molar-refractivity contribution >= 4 is 21.6 Å². The molecule has 0 heterocycles. The monoisotopic (exact) mass is 340 g/mol. The number of hydrogen-bond acceptors (Lipinski definition) is 3. The molecule has 0 saturated heterocycles. The Balaban J connectivity index is 1.93. The zero-order valence-corrected chi connectivity index (χ0v) is 13.8. The number of aliphatic hydroxyl groups excluding tert-OH is 1. The van der Waals surface area contributed by atoms with Gasteiger partial charge in [0.2, 0.25) is 0 Å². The number of aliphatic hydroxyl groups is 1. The van der Waals surface area contributed by atoms with Crippen molar-refractivity contribution < 1.29 is 5.11 Å². The van der Waals surface area contributed by atoms with Gasteiger partial charge in [-0.3, -0.25) is 0 Å². The van der Waals surface area contributed by atoms with Crippen molar-refractivity contribution in [3.63, 3.8) is 0 Å². The largest absolute Gasteiger partial charge is 0.396 e. The van der Waals surface area contributed by atoms with Crippen LogP contribution in [0.5, 0.6) is 0 Å². The highest BCUT2D eigenvalue weighted by Gasteiger charge is 2.20. The lowest BCUT2D eigenvalue weighted by Crippen LogP contribution is -2.23. The summed E-state index contributed by atoms with van der Waals surface area (Å²) >= 11 is 3.57. The van der Waals surface area contributed by atoms with E-state index in [0.717, 1.165) is 42.9 Å². The van der Waals surface area contributed by atoms with Crippen molar-refractivity contribution in [2.24, 2.45) is 0 Å². The molecule has 4 heteroatoms. The molecule has 0 spiro atoms. The molecule has 1 aliphatic carbocycles. The summed E-state index contributed by atoms with van der Waals surface area (Å²) in [5, 5.41) is 12.4. The van der Waals surface area contributed by atoms with Gasteiger partial charge in [0.1, 0.15) is 0 Å². The number of halogens is 1. The summed E-state index contributed by atoms with van der Waals surface area (Å²) in [5.41, 5.74) is 2.67. The van der Waals surface area contributed by atoms with E-state index in [4.69, 9.17) is 5.11 Å². The summed E-state index contributed by atoms with van der Waals surface area (Å²) in [6.45, 7) is 2.29. The summed E-state index contributed by atoms with van der Waals surface area (Å²) in [4.78, 5) is 2.33. The van der Waals surface area contributed by atoms with Gasteiger partial charge in [0, 0.05) is 42.9 Å². The maximum atomic E-state index is 8.83.